The molecule has 0 bridgehead atoms. The first-order valence-electron chi connectivity index (χ1n) is 5.33. The van der Waals surface area contributed by atoms with Crippen LogP contribution in [-0.4, -0.2) is 17.3 Å². The average molecular weight is 251 g/mol. The zero-order valence-electron chi connectivity index (χ0n) is 9.96. The van der Waals surface area contributed by atoms with Gasteiger partial charge in [-0.15, -0.1) is 11.6 Å². The summed E-state index contributed by atoms with van der Waals surface area (Å²) in [6.45, 7) is 3.88. The number of nitrogens with one attached hydrogen (secondary N) is 1. The molecule has 0 unspecified atom stereocenters. The number of carbonyl (C=O) groups excluding carboxylic acids is 1. The van der Waals surface area contributed by atoms with E-state index in [0.717, 1.165) is 5.56 Å². The molecule has 0 aliphatic heterocycles. The SMILES string of the molecule is CC(C)(Cc1ccc(C#N)cc1)NC(=O)CCl. The van der Waals surface area contributed by atoms with Crippen molar-refractivity contribution in [3.05, 3.63) is 35.4 Å². The van der Waals surface area contributed by atoms with Crippen LogP contribution in [0.1, 0.15) is 25.0 Å². The van der Waals surface area contributed by atoms with Crippen LogP contribution in [-0.2, 0) is 11.2 Å². The highest BCUT2D eigenvalue weighted by atomic mass is 35.5. The van der Waals surface area contributed by atoms with Crippen molar-refractivity contribution in [2.45, 2.75) is 25.8 Å². The van der Waals surface area contributed by atoms with Crippen LogP contribution in [0.5, 0.6) is 0 Å². The van der Waals surface area contributed by atoms with Gasteiger partial charge in [0, 0.05) is 5.54 Å². The van der Waals surface area contributed by atoms with Crippen molar-refractivity contribution < 1.29 is 4.79 Å². The Bertz CT molecular complexity index is 432. The zero-order chi connectivity index (χ0) is 12.9. The quantitative estimate of drug-likeness (QED) is 0.834. The Kier molecular flexibility index (Phi) is 4.53. The van der Waals surface area contributed by atoms with E-state index in [9.17, 15) is 4.79 Å². The van der Waals surface area contributed by atoms with E-state index < -0.39 is 0 Å². The maximum Gasteiger partial charge on any atom is 0.235 e. The highest BCUT2D eigenvalue weighted by Gasteiger charge is 2.20. The molecule has 0 spiro atoms. The molecule has 0 aliphatic carbocycles. The van der Waals surface area contributed by atoms with Gasteiger partial charge in [-0.25, -0.2) is 0 Å². The number of hydrogen-bond donors (Lipinski definition) is 1. The third-order valence-electron chi connectivity index (χ3n) is 2.33. The smallest absolute Gasteiger partial charge is 0.235 e. The van der Waals surface area contributed by atoms with E-state index in [1.165, 1.54) is 0 Å². The lowest BCUT2D eigenvalue weighted by molar-refractivity contribution is -0.120. The first-order valence-corrected chi connectivity index (χ1v) is 5.86. The first kappa shape index (κ1) is 13.5. The van der Waals surface area contributed by atoms with Crippen molar-refractivity contribution in [1.29, 1.82) is 5.26 Å². The Morgan fingerprint density at radius 2 is 2.00 bits per heavy atom. The summed E-state index contributed by atoms with van der Waals surface area (Å²) in [6, 6.07) is 9.41. The fourth-order valence-electron chi connectivity index (χ4n) is 1.66. The summed E-state index contributed by atoms with van der Waals surface area (Å²) in [7, 11) is 0. The predicted molar refractivity (Wildman–Crippen MR) is 67.8 cm³/mol. The number of halogens is 1. The van der Waals surface area contributed by atoms with Gasteiger partial charge < -0.3 is 5.32 Å². The summed E-state index contributed by atoms with van der Waals surface area (Å²) in [5, 5.41) is 11.5. The molecule has 0 saturated heterocycles. The van der Waals surface area contributed by atoms with Gasteiger partial charge >= 0.3 is 0 Å². The number of amides is 1. The van der Waals surface area contributed by atoms with E-state index in [2.05, 4.69) is 11.4 Å². The summed E-state index contributed by atoms with van der Waals surface area (Å²) in [5.41, 5.74) is 1.36. The third kappa shape index (κ3) is 4.46. The number of hydrogen-bond acceptors (Lipinski definition) is 2. The Balaban J connectivity index is 2.69. The minimum atomic E-state index is -0.347. The maximum absolute atomic E-state index is 11.2. The van der Waals surface area contributed by atoms with E-state index in [4.69, 9.17) is 16.9 Å². The molecule has 0 heterocycles. The zero-order valence-corrected chi connectivity index (χ0v) is 10.7. The van der Waals surface area contributed by atoms with Crippen molar-refractivity contribution in [3.63, 3.8) is 0 Å². The normalized spacial score (nSPS) is 10.7. The standard InChI is InChI=1S/C13H15ClN2O/c1-13(2,16-12(17)8-14)7-10-3-5-11(9-15)6-4-10/h3-6H,7-8H2,1-2H3,(H,16,17). The van der Waals surface area contributed by atoms with Gasteiger partial charge in [0.15, 0.2) is 0 Å². The molecule has 1 aromatic carbocycles. The van der Waals surface area contributed by atoms with E-state index in [1.54, 1.807) is 12.1 Å². The summed E-state index contributed by atoms with van der Waals surface area (Å²) in [6.07, 6.45) is 0.696. The Labute approximate surface area is 106 Å². The predicted octanol–water partition coefficient (Wildman–Crippen LogP) is 2.23. The number of carbonyl (C=O) groups is 1. The van der Waals surface area contributed by atoms with Crippen molar-refractivity contribution in [2.24, 2.45) is 0 Å². The highest BCUT2D eigenvalue weighted by molar-refractivity contribution is 6.27. The molecule has 0 atom stereocenters. The van der Waals surface area contributed by atoms with E-state index in [1.807, 2.05) is 26.0 Å². The lowest BCUT2D eigenvalue weighted by atomic mass is 9.94. The number of nitrogens with zero attached hydrogens (tertiary/aromatic N) is 1. The Hall–Kier alpha value is -1.53. The van der Waals surface area contributed by atoms with Crippen molar-refractivity contribution >= 4 is 17.5 Å². The number of nitriles is 1. The molecule has 1 rings (SSSR count). The fraction of sp³-hybridized carbons (Fsp3) is 0.385. The van der Waals surface area contributed by atoms with Gasteiger partial charge in [-0.2, -0.15) is 5.26 Å². The van der Waals surface area contributed by atoms with E-state index >= 15 is 0 Å². The number of alkyl halides is 1. The minimum Gasteiger partial charge on any atom is -0.350 e. The second kappa shape index (κ2) is 5.70. The molecule has 0 radical (unpaired) electrons. The van der Waals surface area contributed by atoms with Crippen LogP contribution in [0.2, 0.25) is 0 Å². The van der Waals surface area contributed by atoms with Gasteiger partial charge in [-0.05, 0) is 38.0 Å². The van der Waals surface area contributed by atoms with Crippen molar-refractivity contribution in [3.8, 4) is 6.07 Å². The van der Waals surface area contributed by atoms with Gasteiger partial charge in [-0.3, -0.25) is 4.79 Å². The Morgan fingerprint density at radius 1 is 1.41 bits per heavy atom. The molecule has 0 fully saturated rings. The van der Waals surface area contributed by atoms with Gasteiger partial charge in [0.05, 0.1) is 11.6 Å². The summed E-state index contributed by atoms with van der Waals surface area (Å²) >= 11 is 5.45. The summed E-state index contributed by atoms with van der Waals surface area (Å²) in [4.78, 5) is 11.2. The number of benzene rings is 1. The van der Waals surface area contributed by atoms with Crippen LogP contribution >= 0.6 is 11.6 Å². The monoisotopic (exact) mass is 250 g/mol. The lowest BCUT2D eigenvalue weighted by Gasteiger charge is -2.26. The summed E-state index contributed by atoms with van der Waals surface area (Å²) < 4.78 is 0. The minimum absolute atomic E-state index is 0.0310. The molecule has 1 aromatic rings. The van der Waals surface area contributed by atoms with Crippen LogP contribution in [0.25, 0.3) is 0 Å². The molecular weight excluding hydrogens is 236 g/mol. The first-order chi connectivity index (χ1) is 7.96. The average Bonchev–Trinajstić information content (AvgIpc) is 2.28. The van der Waals surface area contributed by atoms with E-state index in [0.29, 0.717) is 12.0 Å². The van der Waals surface area contributed by atoms with Gasteiger partial charge in [-0.1, -0.05) is 12.1 Å². The fourth-order valence-corrected chi connectivity index (χ4v) is 1.73. The van der Waals surface area contributed by atoms with Crippen molar-refractivity contribution in [2.75, 3.05) is 5.88 Å². The molecule has 17 heavy (non-hydrogen) atoms. The molecular formula is C13H15ClN2O. The van der Waals surface area contributed by atoms with Gasteiger partial charge in [0.25, 0.3) is 0 Å². The topological polar surface area (TPSA) is 52.9 Å². The molecule has 0 aliphatic rings. The second-order valence-electron chi connectivity index (χ2n) is 4.55. The number of rotatable bonds is 4. The van der Waals surface area contributed by atoms with Crippen LogP contribution < -0.4 is 5.32 Å². The molecule has 3 nitrogen and oxygen atoms in total. The molecule has 0 aromatic heterocycles. The van der Waals surface area contributed by atoms with Crippen LogP contribution in [0, 0.1) is 11.3 Å². The Morgan fingerprint density at radius 3 is 2.47 bits per heavy atom. The lowest BCUT2D eigenvalue weighted by Crippen LogP contribution is -2.45. The maximum atomic E-state index is 11.2. The third-order valence-corrected chi connectivity index (χ3v) is 2.57. The van der Waals surface area contributed by atoms with Crippen molar-refractivity contribution in [1.82, 2.24) is 5.32 Å². The van der Waals surface area contributed by atoms with Crippen LogP contribution in [0.15, 0.2) is 24.3 Å². The van der Waals surface area contributed by atoms with Gasteiger partial charge in [0.2, 0.25) is 5.91 Å². The van der Waals surface area contributed by atoms with Gasteiger partial charge in [0.1, 0.15) is 5.88 Å². The second-order valence-corrected chi connectivity index (χ2v) is 4.82. The molecule has 4 heteroatoms. The molecule has 1 N–H and O–H groups in total. The van der Waals surface area contributed by atoms with Crippen LogP contribution in [0.4, 0.5) is 0 Å². The molecule has 1 amide bonds. The molecule has 0 saturated carbocycles. The highest BCUT2D eigenvalue weighted by Crippen LogP contribution is 2.13. The molecule has 90 valence electrons. The van der Waals surface area contributed by atoms with Crippen LogP contribution in [0.3, 0.4) is 0 Å². The van der Waals surface area contributed by atoms with E-state index in [-0.39, 0.29) is 17.3 Å². The largest absolute Gasteiger partial charge is 0.350 e. The summed E-state index contributed by atoms with van der Waals surface area (Å²) in [5.74, 6) is -0.207.